The molecule has 1 aromatic rings. The van der Waals surface area contributed by atoms with E-state index in [1.807, 2.05) is 12.1 Å². The van der Waals surface area contributed by atoms with Crippen molar-refractivity contribution in [3.8, 4) is 0 Å². The third-order valence-corrected chi connectivity index (χ3v) is 4.68. The summed E-state index contributed by atoms with van der Waals surface area (Å²) < 4.78 is 14.1. The number of likely N-dealkylation sites (tertiary alicyclic amines) is 1. The molecule has 0 bridgehead atoms. The van der Waals surface area contributed by atoms with Crippen LogP contribution in [0.3, 0.4) is 0 Å². The SMILES string of the molecule is CCCNC(CCN1CCCC1(C)C)c1ccccc1F. The Kier molecular flexibility index (Phi) is 5.77. The quantitative estimate of drug-likeness (QED) is 0.813. The summed E-state index contributed by atoms with van der Waals surface area (Å²) in [6.45, 7) is 9.92. The highest BCUT2D eigenvalue weighted by molar-refractivity contribution is 5.21. The van der Waals surface area contributed by atoms with Gasteiger partial charge < -0.3 is 5.32 Å². The molecule has 1 aliphatic heterocycles. The van der Waals surface area contributed by atoms with Gasteiger partial charge in [-0.3, -0.25) is 4.90 Å². The zero-order valence-electron chi connectivity index (χ0n) is 13.7. The molecular formula is C18H29FN2. The summed E-state index contributed by atoms with van der Waals surface area (Å²) in [6.07, 6.45) is 4.57. The molecule has 1 atom stereocenters. The Morgan fingerprint density at radius 3 is 2.71 bits per heavy atom. The average Bonchev–Trinajstić information content (AvgIpc) is 2.79. The van der Waals surface area contributed by atoms with E-state index in [0.717, 1.165) is 31.5 Å². The van der Waals surface area contributed by atoms with Crippen molar-refractivity contribution in [2.75, 3.05) is 19.6 Å². The van der Waals surface area contributed by atoms with Crippen LogP contribution in [0.5, 0.6) is 0 Å². The minimum Gasteiger partial charge on any atom is -0.310 e. The van der Waals surface area contributed by atoms with Crippen molar-refractivity contribution in [1.29, 1.82) is 0 Å². The smallest absolute Gasteiger partial charge is 0.127 e. The Balaban J connectivity index is 2.02. The monoisotopic (exact) mass is 292 g/mol. The van der Waals surface area contributed by atoms with Gasteiger partial charge in [-0.05, 0) is 58.7 Å². The zero-order valence-corrected chi connectivity index (χ0v) is 13.7. The molecule has 1 aliphatic rings. The maximum Gasteiger partial charge on any atom is 0.127 e. The van der Waals surface area contributed by atoms with Crippen LogP contribution in [0.1, 0.15) is 58.1 Å². The van der Waals surface area contributed by atoms with Crippen LogP contribution in [-0.4, -0.2) is 30.1 Å². The van der Waals surface area contributed by atoms with E-state index in [1.54, 1.807) is 12.1 Å². The summed E-state index contributed by atoms with van der Waals surface area (Å²) in [5.74, 6) is -0.0909. The highest BCUT2D eigenvalue weighted by atomic mass is 19.1. The van der Waals surface area contributed by atoms with Crippen LogP contribution < -0.4 is 5.32 Å². The normalized spacial score (nSPS) is 19.8. The summed E-state index contributed by atoms with van der Waals surface area (Å²) in [7, 11) is 0. The highest BCUT2D eigenvalue weighted by Gasteiger charge is 2.31. The van der Waals surface area contributed by atoms with Crippen LogP contribution in [-0.2, 0) is 0 Å². The van der Waals surface area contributed by atoms with Gasteiger partial charge in [0.05, 0.1) is 0 Å². The van der Waals surface area contributed by atoms with E-state index in [2.05, 4.69) is 31.0 Å². The molecule has 1 saturated heterocycles. The fourth-order valence-corrected chi connectivity index (χ4v) is 3.31. The molecule has 0 aliphatic carbocycles. The van der Waals surface area contributed by atoms with E-state index in [1.165, 1.54) is 19.4 Å². The first-order chi connectivity index (χ1) is 10.0. The Labute approximate surface area is 128 Å². The van der Waals surface area contributed by atoms with Gasteiger partial charge in [0.2, 0.25) is 0 Å². The molecule has 0 spiro atoms. The predicted molar refractivity (Wildman–Crippen MR) is 86.9 cm³/mol. The largest absolute Gasteiger partial charge is 0.310 e. The molecular weight excluding hydrogens is 263 g/mol. The number of hydrogen-bond donors (Lipinski definition) is 1. The number of rotatable bonds is 7. The summed E-state index contributed by atoms with van der Waals surface area (Å²) in [5, 5.41) is 3.51. The lowest BCUT2D eigenvalue weighted by Gasteiger charge is -2.33. The van der Waals surface area contributed by atoms with Gasteiger partial charge in [0, 0.05) is 23.7 Å². The summed E-state index contributed by atoms with van der Waals surface area (Å²) in [4.78, 5) is 2.55. The molecule has 21 heavy (non-hydrogen) atoms. The van der Waals surface area contributed by atoms with Crippen molar-refractivity contribution in [3.05, 3.63) is 35.6 Å². The zero-order chi connectivity index (χ0) is 15.3. The van der Waals surface area contributed by atoms with Crippen LogP contribution in [0.25, 0.3) is 0 Å². The van der Waals surface area contributed by atoms with E-state index in [0.29, 0.717) is 5.54 Å². The topological polar surface area (TPSA) is 15.3 Å². The molecule has 1 fully saturated rings. The molecule has 3 heteroatoms. The van der Waals surface area contributed by atoms with Gasteiger partial charge in [-0.15, -0.1) is 0 Å². The van der Waals surface area contributed by atoms with Crippen molar-refractivity contribution in [2.45, 2.75) is 58.0 Å². The number of hydrogen-bond acceptors (Lipinski definition) is 2. The van der Waals surface area contributed by atoms with Gasteiger partial charge in [-0.25, -0.2) is 4.39 Å². The van der Waals surface area contributed by atoms with Crippen LogP contribution in [0.2, 0.25) is 0 Å². The predicted octanol–water partition coefficient (Wildman–Crippen LogP) is 4.13. The number of nitrogens with one attached hydrogen (secondary N) is 1. The molecule has 0 aromatic heterocycles. The van der Waals surface area contributed by atoms with Gasteiger partial charge in [0.1, 0.15) is 5.82 Å². The van der Waals surface area contributed by atoms with Crippen molar-refractivity contribution < 1.29 is 4.39 Å². The molecule has 2 rings (SSSR count). The van der Waals surface area contributed by atoms with Crippen molar-refractivity contribution in [3.63, 3.8) is 0 Å². The second-order valence-electron chi connectivity index (χ2n) is 6.72. The van der Waals surface area contributed by atoms with Gasteiger partial charge in [0.15, 0.2) is 0 Å². The van der Waals surface area contributed by atoms with E-state index in [9.17, 15) is 4.39 Å². The van der Waals surface area contributed by atoms with E-state index in [4.69, 9.17) is 0 Å². The lowest BCUT2D eigenvalue weighted by molar-refractivity contribution is 0.166. The molecule has 0 amide bonds. The summed E-state index contributed by atoms with van der Waals surface area (Å²) in [6, 6.07) is 7.29. The van der Waals surface area contributed by atoms with Gasteiger partial charge in [-0.2, -0.15) is 0 Å². The second kappa shape index (κ2) is 7.37. The third-order valence-electron chi connectivity index (χ3n) is 4.68. The first-order valence-electron chi connectivity index (χ1n) is 8.27. The fourth-order valence-electron chi connectivity index (χ4n) is 3.31. The molecule has 118 valence electrons. The maximum atomic E-state index is 14.1. The van der Waals surface area contributed by atoms with Crippen LogP contribution >= 0.6 is 0 Å². The molecule has 1 heterocycles. The lowest BCUT2D eigenvalue weighted by atomic mass is 9.99. The Bertz CT molecular complexity index is 445. The summed E-state index contributed by atoms with van der Waals surface area (Å²) in [5.41, 5.74) is 1.10. The van der Waals surface area contributed by atoms with E-state index < -0.39 is 0 Å². The highest BCUT2D eigenvalue weighted by Crippen LogP contribution is 2.30. The molecule has 0 radical (unpaired) electrons. The van der Waals surface area contributed by atoms with Gasteiger partial charge in [-0.1, -0.05) is 25.1 Å². The third kappa shape index (κ3) is 4.27. The minimum atomic E-state index is -0.0909. The van der Waals surface area contributed by atoms with Crippen molar-refractivity contribution in [1.82, 2.24) is 10.2 Å². The number of halogens is 1. The molecule has 1 unspecified atom stereocenters. The minimum absolute atomic E-state index is 0.0909. The van der Waals surface area contributed by atoms with E-state index in [-0.39, 0.29) is 11.9 Å². The molecule has 2 nitrogen and oxygen atoms in total. The average molecular weight is 292 g/mol. The molecule has 0 saturated carbocycles. The number of nitrogens with zero attached hydrogens (tertiary/aromatic N) is 1. The van der Waals surface area contributed by atoms with E-state index >= 15 is 0 Å². The standard InChI is InChI=1S/C18H29FN2/c1-4-12-20-17(15-8-5-6-9-16(15)19)10-14-21-13-7-11-18(21,2)3/h5-6,8-9,17,20H,4,7,10-14H2,1-3H3. The maximum absolute atomic E-state index is 14.1. The van der Waals surface area contributed by atoms with Gasteiger partial charge >= 0.3 is 0 Å². The van der Waals surface area contributed by atoms with Crippen LogP contribution in [0.15, 0.2) is 24.3 Å². The molecule has 1 aromatic carbocycles. The van der Waals surface area contributed by atoms with Crippen molar-refractivity contribution >= 4 is 0 Å². The van der Waals surface area contributed by atoms with Crippen LogP contribution in [0.4, 0.5) is 4.39 Å². The van der Waals surface area contributed by atoms with Crippen molar-refractivity contribution in [2.24, 2.45) is 0 Å². The Hall–Kier alpha value is -0.930. The summed E-state index contributed by atoms with van der Waals surface area (Å²) >= 11 is 0. The molecule has 1 N–H and O–H groups in total. The first-order valence-corrected chi connectivity index (χ1v) is 8.27. The fraction of sp³-hybridized carbons (Fsp3) is 0.667. The van der Waals surface area contributed by atoms with Gasteiger partial charge in [0.25, 0.3) is 0 Å². The lowest BCUT2D eigenvalue weighted by Crippen LogP contribution is -2.40. The second-order valence-corrected chi connectivity index (χ2v) is 6.72. The van der Waals surface area contributed by atoms with Crippen LogP contribution in [0, 0.1) is 5.82 Å². The Morgan fingerprint density at radius 1 is 1.33 bits per heavy atom. The number of benzene rings is 1. The first kappa shape index (κ1) is 16.4. The Morgan fingerprint density at radius 2 is 2.10 bits per heavy atom.